The largest absolute Gasteiger partial charge is 0.357 e. The van der Waals surface area contributed by atoms with Crippen LogP contribution in [-0.4, -0.2) is 24.0 Å². The molecule has 0 radical (unpaired) electrons. The molecule has 2 rings (SSSR count). The lowest BCUT2D eigenvalue weighted by Gasteiger charge is -2.21. The lowest BCUT2D eigenvalue weighted by molar-refractivity contribution is -0.119. The van der Waals surface area contributed by atoms with Crippen molar-refractivity contribution >= 4 is 11.7 Å². The number of amides is 1. The van der Waals surface area contributed by atoms with E-state index in [4.69, 9.17) is 0 Å². The van der Waals surface area contributed by atoms with E-state index >= 15 is 0 Å². The summed E-state index contributed by atoms with van der Waals surface area (Å²) in [6.07, 6.45) is 6.97. The highest BCUT2D eigenvalue weighted by Gasteiger charge is 2.11. The predicted molar refractivity (Wildman–Crippen MR) is 72.4 cm³/mol. The Morgan fingerprint density at radius 2 is 2.06 bits per heavy atom. The van der Waals surface area contributed by atoms with Crippen molar-refractivity contribution in [3.63, 3.8) is 0 Å². The number of nitrogens with one attached hydrogen (secondary N) is 1. The first-order valence-electron chi connectivity index (χ1n) is 6.70. The molecule has 18 heavy (non-hydrogen) atoms. The molecule has 1 saturated heterocycles. The van der Waals surface area contributed by atoms with E-state index in [1.165, 1.54) is 32.6 Å². The summed E-state index contributed by atoms with van der Waals surface area (Å²) in [4.78, 5) is 17.7. The molecule has 0 atom stereocenters. The van der Waals surface area contributed by atoms with Gasteiger partial charge in [0.2, 0.25) is 5.91 Å². The zero-order valence-corrected chi connectivity index (χ0v) is 11.0. The number of anilines is 1. The van der Waals surface area contributed by atoms with Crippen LogP contribution in [0.25, 0.3) is 0 Å². The number of aromatic nitrogens is 1. The number of nitrogens with zero attached hydrogens (tertiary/aromatic N) is 2. The van der Waals surface area contributed by atoms with Crippen LogP contribution in [0.5, 0.6) is 0 Å². The molecule has 1 aromatic rings. The summed E-state index contributed by atoms with van der Waals surface area (Å²) in [6, 6.07) is 4.04. The molecule has 1 aliphatic rings. The van der Waals surface area contributed by atoms with Crippen LogP contribution in [0.1, 0.15) is 38.2 Å². The van der Waals surface area contributed by atoms with E-state index in [-0.39, 0.29) is 5.91 Å². The second-order valence-corrected chi connectivity index (χ2v) is 4.83. The van der Waals surface area contributed by atoms with Gasteiger partial charge in [0.25, 0.3) is 0 Å². The molecule has 0 spiro atoms. The van der Waals surface area contributed by atoms with Crippen molar-refractivity contribution in [1.29, 1.82) is 0 Å². The zero-order chi connectivity index (χ0) is 12.8. The third-order valence-electron chi connectivity index (χ3n) is 3.28. The van der Waals surface area contributed by atoms with Crippen molar-refractivity contribution in [2.75, 3.05) is 18.0 Å². The van der Waals surface area contributed by atoms with Gasteiger partial charge in [-0.2, -0.15) is 0 Å². The molecule has 0 aliphatic carbocycles. The maximum Gasteiger partial charge on any atom is 0.217 e. The number of hydrogen-bond acceptors (Lipinski definition) is 3. The standard InChI is InChI=1S/C14H21N3O/c1-12(18)16-11-13-6-7-15-14(10-13)17-8-4-2-3-5-9-17/h6-7,10H,2-5,8-9,11H2,1H3,(H,16,18). The van der Waals surface area contributed by atoms with E-state index in [1.807, 2.05) is 12.3 Å². The van der Waals surface area contributed by atoms with Gasteiger partial charge in [-0.05, 0) is 30.5 Å². The third kappa shape index (κ3) is 3.72. The topological polar surface area (TPSA) is 45.2 Å². The van der Waals surface area contributed by atoms with Crippen molar-refractivity contribution in [3.8, 4) is 0 Å². The van der Waals surface area contributed by atoms with Crippen LogP contribution >= 0.6 is 0 Å². The van der Waals surface area contributed by atoms with E-state index in [0.29, 0.717) is 6.54 Å². The highest BCUT2D eigenvalue weighted by molar-refractivity contribution is 5.72. The summed E-state index contributed by atoms with van der Waals surface area (Å²) < 4.78 is 0. The van der Waals surface area contributed by atoms with Gasteiger partial charge in [0.1, 0.15) is 5.82 Å². The molecule has 98 valence electrons. The van der Waals surface area contributed by atoms with E-state index < -0.39 is 0 Å². The second-order valence-electron chi connectivity index (χ2n) is 4.83. The Balaban J connectivity index is 2.03. The Kier molecular flexibility index (Phi) is 4.56. The first-order valence-corrected chi connectivity index (χ1v) is 6.70. The Labute approximate surface area is 108 Å². The van der Waals surface area contributed by atoms with Gasteiger partial charge >= 0.3 is 0 Å². The van der Waals surface area contributed by atoms with E-state index in [9.17, 15) is 4.79 Å². The summed E-state index contributed by atoms with van der Waals surface area (Å²) in [5.74, 6) is 1.04. The van der Waals surface area contributed by atoms with E-state index in [0.717, 1.165) is 24.5 Å². The van der Waals surface area contributed by atoms with Gasteiger partial charge in [-0.15, -0.1) is 0 Å². The lowest BCUT2D eigenvalue weighted by Crippen LogP contribution is -2.25. The average molecular weight is 247 g/mol. The molecule has 1 aromatic heterocycles. The molecule has 0 unspecified atom stereocenters. The maximum absolute atomic E-state index is 10.9. The lowest BCUT2D eigenvalue weighted by atomic mass is 10.2. The van der Waals surface area contributed by atoms with Crippen LogP contribution in [0, 0.1) is 0 Å². The molecule has 4 nitrogen and oxygen atoms in total. The molecule has 1 fully saturated rings. The summed E-state index contributed by atoms with van der Waals surface area (Å²) in [5.41, 5.74) is 1.11. The summed E-state index contributed by atoms with van der Waals surface area (Å²) in [7, 11) is 0. The van der Waals surface area contributed by atoms with Crippen LogP contribution < -0.4 is 10.2 Å². The highest BCUT2D eigenvalue weighted by atomic mass is 16.1. The summed E-state index contributed by atoms with van der Waals surface area (Å²) >= 11 is 0. The van der Waals surface area contributed by atoms with Gasteiger partial charge in [0.15, 0.2) is 0 Å². The Morgan fingerprint density at radius 3 is 2.72 bits per heavy atom. The van der Waals surface area contributed by atoms with E-state index in [2.05, 4.69) is 21.3 Å². The minimum absolute atomic E-state index is 0.00290. The van der Waals surface area contributed by atoms with Crippen molar-refractivity contribution in [1.82, 2.24) is 10.3 Å². The van der Waals surface area contributed by atoms with Crippen LogP contribution in [0.3, 0.4) is 0 Å². The first kappa shape index (κ1) is 12.9. The predicted octanol–water partition coefficient (Wildman–Crippen LogP) is 2.10. The summed E-state index contributed by atoms with van der Waals surface area (Å²) in [6.45, 7) is 4.31. The fourth-order valence-corrected chi connectivity index (χ4v) is 2.27. The Hall–Kier alpha value is -1.58. The van der Waals surface area contributed by atoms with Crippen molar-refractivity contribution in [3.05, 3.63) is 23.9 Å². The maximum atomic E-state index is 10.9. The third-order valence-corrected chi connectivity index (χ3v) is 3.28. The number of carbonyl (C=O) groups is 1. The molecule has 1 amide bonds. The first-order chi connectivity index (χ1) is 8.75. The summed E-state index contributed by atoms with van der Waals surface area (Å²) in [5, 5.41) is 2.82. The molecule has 0 aromatic carbocycles. The Bertz CT molecular complexity index is 398. The quantitative estimate of drug-likeness (QED) is 0.889. The van der Waals surface area contributed by atoms with Crippen molar-refractivity contribution in [2.45, 2.75) is 39.2 Å². The van der Waals surface area contributed by atoms with Gasteiger partial charge < -0.3 is 10.2 Å². The second kappa shape index (κ2) is 6.38. The SMILES string of the molecule is CC(=O)NCc1ccnc(N2CCCCCC2)c1. The molecular weight excluding hydrogens is 226 g/mol. The van der Waals surface area contributed by atoms with Gasteiger partial charge in [0.05, 0.1) is 0 Å². The molecule has 4 heteroatoms. The van der Waals surface area contributed by atoms with Gasteiger partial charge in [-0.1, -0.05) is 12.8 Å². The van der Waals surface area contributed by atoms with Gasteiger partial charge in [-0.3, -0.25) is 4.79 Å². The minimum Gasteiger partial charge on any atom is -0.357 e. The zero-order valence-electron chi connectivity index (χ0n) is 11.0. The van der Waals surface area contributed by atoms with Crippen LogP contribution in [0.2, 0.25) is 0 Å². The van der Waals surface area contributed by atoms with Crippen LogP contribution in [0.15, 0.2) is 18.3 Å². The minimum atomic E-state index is 0.00290. The fraction of sp³-hybridized carbons (Fsp3) is 0.571. The molecule has 2 heterocycles. The van der Waals surface area contributed by atoms with Gasteiger partial charge in [0, 0.05) is 32.8 Å². The normalized spacial score (nSPS) is 16.2. The fourth-order valence-electron chi connectivity index (χ4n) is 2.27. The smallest absolute Gasteiger partial charge is 0.217 e. The molecule has 1 N–H and O–H groups in total. The highest BCUT2D eigenvalue weighted by Crippen LogP contribution is 2.18. The molecule has 0 bridgehead atoms. The number of carbonyl (C=O) groups excluding carboxylic acids is 1. The van der Waals surface area contributed by atoms with Gasteiger partial charge in [-0.25, -0.2) is 4.98 Å². The number of pyridine rings is 1. The monoisotopic (exact) mass is 247 g/mol. The molecule has 0 saturated carbocycles. The number of rotatable bonds is 3. The Morgan fingerprint density at radius 1 is 1.33 bits per heavy atom. The van der Waals surface area contributed by atoms with E-state index in [1.54, 1.807) is 0 Å². The number of hydrogen-bond donors (Lipinski definition) is 1. The van der Waals surface area contributed by atoms with Crippen LogP contribution in [0.4, 0.5) is 5.82 Å². The van der Waals surface area contributed by atoms with Crippen molar-refractivity contribution in [2.24, 2.45) is 0 Å². The molecule has 1 aliphatic heterocycles. The van der Waals surface area contributed by atoms with Crippen molar-refractivity contribution < 1.29 is 4.79 Å². The average Bonchev–Trinajstić information content (AvgIpc) is 2.65. The molecular formula is C14H21N3O. The van der Waals surface area contributed by atoms with Crippen LogP contribution in [-0.2, 0) is 11.3 Å².